The van der Waals surface area contributed by atoms with Crippen molar-refractivity contribution in [2.45, 2.75) is 33.1 Å². The summed E-state index contributed by atoms with van der Waals surface area (Å²) in [6.07, 6.45) is 7.01. The zero-order valence-corrected chi connectivity index (χ0v) is 15.9. The van der Waals surface area contributed by atoms with Crippen molar-refractivity contribution in [2.75, 3.05) is 13.1 Å². The van der Waals surface area contributed by atoms with Gasteiger partial charge in [-0.3, -0.25) is 14.3 Å². The van der Waals surface area contributed by atoms with Crippen LogP contribution in [0, 0.1) is 13.8 Å². The highest BCUT2D eigenvalue weighted by atomic mass is 16.2. The first kappa shape index (κ1) is 17.5. The highest BCUT2D eigenvalue weighted by Gasteiger charge is 2.23. The fraction of sp³-hybridized carbons (Fsp3) is 0.318. The van der Waals surface area contributed by atoms with Gasteiger partial charge in [0.1, 0.15) is 11.5 Å². The molecule has 27 heavy (non-hydrogen) atoms. The van der Waals surface area contributed by atoms with E-state index in [1.165, 1.54) is 12.0 Å². The summed E-state index contributed by atoms with van der Waals surface area (Å²) in [5.74, 6) is 0.758. The number of benzene rings is 1. The van der Waals surface area contributed by atoms with E-state index in [2.05, 4.69) is 36.2 Å². The van der Waals surface area contributed by atoms with Crippen LogP contribution in [0.15, 0.2) is 48.8 Å². The zero-order valence-electron chi connectivity index (χ0n) is 15.9. The summed E-state index contributed by atoms with van der Waals surface area (Å²) in [6, 6.07) is 12.2. The van der Waals surface area contributed by atoms with Crippen molar-refractivity contribution in [2.24, 2.45) is 0 Å². The molecule has 4 rings (SSSR count). The van der Waals surface area contributed by atoms with Gasteiger partial charge in [0, 0.05) is 42.4 Å². The van der Waals surface area contributed by atoms with Gasteiger partial charge in [0.2, 0.25) is 0 Å². The van der Waals surface area contributed by atoms with E-state index in [4.69, 9.17) is 4.98 Å². The van der Waals surface area contributed by atoms with Crippen LogP contribution in [0.1, 0.15) is 41.0 Å². The number of aromatic nitrogens is 3. The summed E-state index contributed by atoms with van der Waals surface area (Å²) in [4.78, 5) is 24.0. The number of imidazole rings is 1. The maximum Gasteiger partial charge on any atom is 0.274 e. The standard InChI is InChI=1S/C22H24N4O/c1-16-6-10-19(11-7-16)26-15-20(22(27)25-12-4-3-5-13-25)24-21(26)18-9-8-17(2)23-14-18/h6-11,14-15H,3-5,12-13H2,1-2H3. The van der Waals surface area contributed by atoms with Gasteiger partial charge < -0.3 is 4.90 Å². The quantitative estimate of drug-likeness (QED) is 0.704. The van der Waals surface area contributed by atoms with Crippen LogP contribution in [0.2, 0.25) is 0 Å². The van der Waals surface area contributed by atoms with E-state index in [9.17, 15) is 4.79 Å². The predicted octanol–water partition coefficient (Wildman–Crippen LogP) is 4.18. The minimum absolute atomic E-state index is 0.0156. The Bertz CT molecular complexity index is 872. The van der Waals surface area contributed by atoms with Crippen molar-refractivity contribution in [1.29, 1.82) is 0 Å². The second-order valence-electron chi connectivity index (χ2n) is 7.20. The van der Waals surface area contributed by atoms with Crippen LogP contribution < -0.4 is 0 Å². The molecule has 0 N–H and O–H groups in total. The molecule has 2 aromatic heterocycles. The minimum Gasteiger partial charge on any atom is -0.337 e. The van der Waals surface area contributed by atoms with Crippen molar-refractivity contribution in [3.8, 4) is 17.1 Å². The molecule has 0 atom stereocenters. The molecule has 1 fully saturated rings. The van der Waals surface area contributed by atoms with Crippen LogP contribution in [-0.4, -0.2) is 38.4 Å². The number of hydrogen-bond donors (Lipinski definition) is 0. The average Bonchev–Trinajstić information content (AvgIpc) is 3.14. The van der Waals surface area contributed by atoms with E-state index in [1.54, 1.807) is 0 Å². The predicted molar refractivity (Wildman–Crippen MR) is 106 cm³/mol. The van der Waals surface area contributed by atoms with Crippen LogP contribution in [0.5, 0.6) is 0 Å². The summed E-state index contributed by atoms with van der Waals surface area (Å²) in [5, 5.41) is 0. The van der Waals surface area contributed by atoms with Gasteiger partial charge in [-0.25, -0.2) is 4.98 Å². The van der Waals surface area contributed by atoms with E-state index in [1.807, 2.05) is 40.9 Å². The number of aryl methyl sites for hydroxylation is 2. The first-order valence-electron chi connectivity index (χ1n) is 9.50. The Morgan fingerprint density at radius 1 is 0.963 bits per heavy atom. The Kier molecular flexibility index (Phi) is 4.75. The first-order valence-corrected chi connectivity index (χ1v) is 9.50. The lowest BCUT2D eigenvalue weighted by molar-refractivity contribution is 0.0719. The molecule has 0 unspecified atom stereocenters. The van der Waals surface area contributed by atoms with Crippen molar-refractivity contribution >= 4 is 5.91 Å². The van der Waals surface area contributed by atoms with E-state index < -0.39 is 0 Å². The van der Waals surface area contributed by atoms with Gasteiger partial charge in [0.25, 0.3) is 5.91 Å². The number of carbonyl (C=O) groups excluding carboxylic acids is 1. The molecule has 0 aliphatic carbocycles. The number of likely N-dealkylation sites (tertiary alicyclic amines) is 1. The van der Waals surface area contributed by atoms with Gasteiger partial charge in [-0.05, 0) is 57.4 Å². The van der Waals surface area contributed by atoms with E-state index in [0.717, 1.165) is 48.7 Å². The number of piperidine rings is 1. The van der Waals surface area contributed by atoms with Gasteiger partial charge in [0.15, 0.2) is 0 Å². The number of amides is 1. The lowest BCUT2D eigenvalue weighted by Crippen LogP contribution is -2.35. The van der Waals surface area contributed by atoms with Crippen LogP contribution in [0.25, 0.3) is 17.1 Å². The molecule has 3 heterocycles. The third-order valence-corrected chi connectivity index (χ3v) is 5.05. The van der Waals surface area contributed by atoms with Gasteiger partial charge >= 0.3 is 0 Å². The molecule has 138 valence electrons. The number of nitrogens with zero attached hydrogens (tertiary/aromatic N) is 4. The van der Waals surface area contributed by atoms with Gasteiger partial charge in [-0.2, -0.15) is 0 Å². The molecular formula is C22H24N4O. The molecule has 1 amide bonds. The molecule has 1 saturated heterocycles. The molecule has 1 aliphatic rings. The van der Waals surface area contributed by atoms with Gasteiger partial charge in [0.05, 0.1) is 0 Å². The SMILES string of the molecule is Cc1ccc(-n2cc(C(=O)N3CCCCC3)nc2-c2ccc(C)nc2)cc1. The summed E-state index contributed by atoms with van der Waals surface area (Å²) in [7, 11) is 0. The Morgan fingerprint density at radius 2 is 1.70 bits per heavy atom. The first-order chi connectivity index (χ1) is 13.1. The summed E-state index contributed by atoms with van der Waals surface area (Å²) in [6.45, 7) is 5.66. The molecule has 5 nitrogen and oxygen atoms in total. The summed E-state index contributed by atoms with van der Waals surface area (Å²) < 4.78 is 1.99. The normalized spacial score (nSPS) is 14.4. The van der Waals surface area contributed by atoms with E-state index in [0.29, 0.717) is 5.69 Å². The maximum absolute atomic E-state index is 13.0. The van der Waals surface area contributed by atoms with Crippen LogP contribution in [0.4, 0.5) is 0 Å². The lowest BCUT2D eigenvalue weighted by Gasteiger charge is -2.25. The molecule has 0 radical (unpaired) electrons. The Labute approximate surface area is 159 Å². The molecule has 1 aromatic carbocycles. The topological polar surface area (TPSA) is 51.0 Å². The number of hydrogen-bond acceptors (Lipinski definition) is 3. The smallest absolute Gasteiger partial charge is 0.274 e. The number of pyridine rings is 1. The van der Waals surface area contributed by atoms with E-state index >= 15 is 0 Å². The second kappa shape index (κ2) is 7.35. The maximum atomic E-state index is 13.0. The Hall–Kier alpha value is -2.95. The average molecular weight is 360 g/mol. The third-order valence-electron chi connectivity index (χ3n) is 5.05. The minimum atomic E-state index is 0.0156. The Balaban J connectivity index is 1.77. The Morgan fingerprint density at radius 3 is 2.37 bits per heavy atom. The summed E-state index contributed by atoms with van der Waals surface area (Å²) in [5.41, 5.74) is 4.53. The monoisotopic (exact) mass is 360 g/mol. The fourth-order valence-electron chi connectivity index (χ4n) is 3.45. The highest BCUT2D eigenvalue weighted by Crippen LogP contribution is 2.24. The van der Waals surface area contributed by atoms with Gasteiger partial charge in [-0.15, -0.1) is 0 Å². The molecule has 5 heteroatoms. The largest absolute Gasteiger partial charge is 0.337 e. The van der Waals surface area contributed by atoms with Crippen molar-refractivity contribution in [3.05, 3.63) is 65.7 Å². The van der Waals surface area contributed by atoms with Crippen LogP contribution >= 0.6 is 0 Å². The van der Waals surface area contributed by atoms with Crippen molar-refractivity contribution in [3.63, 3.8) is 0 Å². The highest BCUT2D eigenvalue weighted by molar-refractivity contribution is 5.93. The lowest BCUT2D eigenvalue weighted by atomic mass is 10.1. The molecule has 1 aliphatic heterocycles. The molecule has 0 saturated carbocycles. The van der Waals surface area contributed by atoms with Crippen molar-refractivity contribution < 1.29 is 4.79 Å². The fourth-order valence-corrected chi connectivity index (χ4v) is 3.45. The molecule has 3 aromatic rings. The molecule has 0 spiro atoms. The summed E-state index contributed by atoms with van der Waals surface area (Å²) >= 11 is 0. The second-order valence-corrected chi connectivity index (χ2v) is 7.20. The van der Waals surface area contributed by atoms with Crippen LogP contribution in [-0.2, 0) is 0 Å². The number of rotatable bonds is 3. The molecule has 0 bridgehead atoms. The third kappa shape index (κ3) is 3.63. The van der Waals surface area contributed by atoms with E-state index in [-0.39, 0.29) is 5.91 Å². The van der Waals surface area contributed by atoms with Gasteiger partial charge in [-0.1, -0.05) is 17.7 Å². The zero-order chi connectivity index (χ0) is 18.8. The van der Waals surface area contributed by atoms with Crippen molar-refractivity contribution in [1.82, 2.24) is 19.4 Å². The molecular weight excluding hydrogens is 336 g/mol. The van der Waals surface area contributed by atoms with Crippen LogP contribution in [0.3, 0.4) is 0 Å². The number of carbonyl (C=O) groups is 1.